The van der Waals surface area contributed by atoms with Gasteiger partial charge in [0.2, 0.25) is 0 Å². The minimum Gasteiger partial charge on any atom is -0.442 e. The average Bonchev–Trinajstić information content (AvgIpc) is 2.73. The fraction of sp³-hybridized carbons (Fsp3) is 0.552. The van der Waals surface area contributed by atoms with E-state index < -0.39 is 23.5 Å². The molecular weight excluding hydrogens is 470 g/mol. The third-order valence-corrected chi connectivity index (χ3v) is 6.54. The number of hydroxylamine groups is 2. The van der Waals surface area contributed by atoms with Crippen LogP contribution >= 0.6 is 0 Å². The fourth-order valence-electron chi connectivity index (χ4n) is 5.20. The van der Waals surface area contributed by atoms with Crippen LogP contribution in [0.2, 0.25) is 0 Å². The SMILES string of the molecule is Cc1ccc2c(N)c3c(nc2c1)CC1C=C(CCN(OC(=O)OC(C)(C)C)C(=O)OC(C)(C)C)CC3C1. The van der Waals surface area contributed by atoms with Crippen molar-refractivity contribution >= 4 is 28.8 Å². The number of allylic oxidation sites excluding steroid dienone is 1. The van der Waals surface area contributed by atoms with E-state index in [0.29, 0.717) is 12.3 Å². The Bertz CT molecular complexity index is 1240. The molecule has 0 spiro atoms. The molecule has 2 atom stereocenters. The molecule has 2 aliphatic carbocycles. The van der Waals surface area contributed by atoms with Crippen LogP contribution in [0, 0.1) is 12.8 Å². The van der Waals surface area contributed by atoms with Crippen molar-refractivity contribution in [3.8, 4) is 0 Å². The van der Waals surface area contributed by atoms with Crippen molar-refractivity contribution in [2.75, 3.05) is 12.3 Å². The Kier molecular flexibility index (Phi) is 7.14. The first-order chi connectivity index (χ1) is 17.2. The number of hydrogen-bond acceptors (Lipinski definition) is 7. The summed E-state index contributed by atoms with van der Waals surface area (Å²) in [4.78, 5) is 35.4. The molecule has 200 valence electrons. The van der Waals surface area contributed by atoms with Crippen molar-refractivity contribution < 1.29 is 23.9 Å². The van der Waals surface area contributed by atoms with Crippen molar-refractivity contribution in [3.63, 3.8) is 0 Å². The molecule has 0 saturated heterocycles. The molecule has 1 heterocycles. The number of aromatic nitrogens is 1. The standard InChI is InChI=1S/C29H39N3O5/c1-17-8-9-21-22(12-17)31-23-16-19-13-18(14-20(15-19)24(23)25(21)30)10-11-32(26(33)35-28(2,3)4)37-27(34)36-29(5,6)7/h8-9,12-13,19-20H,10-11,14-16H2,1-7H3,(H2,30,31). The van der Waals surface area contributed by atoms with E-state index in [0.717, 1.165) is 52.2 Å². The minimum atomic E-state index is -0.942. The lowest BCUT2D eigenvalue weighted by Gasteiger charge is -2.36. The zero-order valence-corrected chi connectivity index (χ0v) is 23.0. The van der Waals surface area contributed by atoms with Crippen LogP contribution in [0.5, 0.6) is 0 Å². The van der Waals surface area contributed by atoms with Crippen LogP contribution in [0.4, 0.5) is 15.3 Å². The van der Waals surface area contributed by atoms with Crippen LogP contribution in [-0.4, -0.2) is 40.0 Å². The van der Waals surface area contributed by atoms with Crippen molar-refractivity contribution in [1.29, 1.82) is 0 Å². The molecule has 2 aromatic rings. The van der Waals surface area contributed by atoms with Crippen molar-refractivity contribution in [2.45, 2.75) is 91.3 Å². The maximum Gasteiger partial charge on any atom is 0.534 e. The predicted octanol–water partition coefficient (Wildman–Crippen LogP) is 6.60. The van der Waals surface area contributed by atoms with Gasteiger partial charge in [-0.05, 0) is 97.6 Å². The normalized spacial score (nSPS) is 19.1. The van der Waals surface area contributed by atoms with E-state index in [-0.39, 0.29) is 12.5 Å². The number of amides is 1. The van der Waals surface area contributed by atoms with Crippen molar-refractivity contribution in [1.82, 2.24) is 10.0 Å². The molecule has 2 aliphatic rings. The summed E-state index contributed by atoms with van der Waals surface area (Å²) in [5.74, 6) is 0.630. The summed E-state index contributed by atoms with van der Waals surface area (Å²) in [7, 11) is 0. The lowest BCUT2D eigenvalue weighted by molar-refractivity contribution is -0.135. The summed E-state index contributed by atoms with van der Waals surface area (Å²) in [6.45, 7) is 12.7. The predicted molar refractivity (Wildman–Crippen MR) is 143 cm³/mol. The second-order valence-corrected chi connectivity index (χ2v) is 12.2. The van der Waals surface area contributed by atoms with Crippen LogP contribution in [0.3, 0.4) is 0 Å². The van der Waals surface area contributed by atoms with E-state index in [1.807, 2.05) is 0 Å². The Hall–Kier alpha value is -3.29. The van der Waals surface area contributed by atoms with Crippen molar-refractivity contribution in [2.24, 2.45) is 5.92 Å². The number of carbonyl (C=O) groups is 2. The van der Waals surface area contributed by atoms with Crippen LogP contribution in [0.25, 0.3) is 10.9 Å². The molecule has 4 rings (SSSR count). The van der Waals surface area contributed by atoms with Gasteiger partial charge in [0.05, 0.1) is 12.1 Å². The monoisotopic (exact) mass is 509 g/mol. The lowest BCUT2D eigenvalue weighted by Crippen LogP contribution is -2.40. The third kappa shape index (κ3) is 6.53. The Balaban J connectivity index is 1.50. The number of nitrogens with two attached hydrogens (primary N) is 1. The molecule has 0 radical (unpaired) electrons. The molecule has 1 aromatic heterocycles. The van der Waals surface area contributed by atoms with Gasteiger partial charge in [-0.25, -0.2) is 9.59 Å². The molecule has 8 heteroatoms. The number of benzene rings is 1. The highest BCUT2D eigenvalue weighted by molar-refractivity contribution is 5.93. The second kappa shape index (κ2) is 9.88. The highest BCUT2D eigenvalue weighted by Crippen LogP contribution is 2.47. The van der Waals surface area contributed by atoms with Crippen LogP contribution in [-0.2, 0) is 20.7 Å². The van der Waals surface area contributed by atoms with Gasteiger partial charge in [0, 0.05) is 22.3 Å². The molecule has 2 bridgehead atoms. The average molecular weight is 510 g/mol. The summed E-state index contributed by atoms with van der Waals surface area (Å²) >= 11 is 0. The number of rotatable bonds is 3. The maximum atomic E-state index is 12.8. The fourth-order valence-corrected chi connectivity index (χ4v) is 5.20. The molecule has 0 fully saturated rings. The van der Waals surface area contributed by atoms with E-state index in [1.165, 1.54) is 11.1 Å². The Morgan fingerprint density at radius 3 is 2.46 bits per heavy atom. The van der Waals surface area contributed by atoms with Gasteiger partial charge in [0.25, 0.3) is 0 Å². The first-order valence-corrected chi connectivity index (χ1v) is 13.0. The number of ether oxygens (including phenoxy) is 2. The first-order valence-electron chi connectivity index (χ1n) is 13.0. The molecule has 2 unspecified atom stereocenters. The molecule has 1 amide bonds. The van der Waals surface area contributed by atoms with Crippen LogP contribution in [0.1, 0.15) is 83.5 Å². The van der Waals surface area contributed by atoms with Gasteiger partial charge in [-0.3, -0.25) is 4.98 Å². The zero-order chi connectivity index (χ0) is 27.1. The lowest BCUT2D eigenvalue weighted by atomic mass is 9.70. The zero-order valence-electron chi connectivity index (χ0n) is 23.0. The number of hydrogen-bond donors (Lipinski definition) is 1. The highest BCUT2D eigenvalue weighted by atomic mass is 16.8. The van der Waals surface area contributed by atoms with E-state index in [4.69, 9.17) is 25.0 Å². The van der Waals surface area contributed by atoms with Gasteiger partial charge in [0.15, 0.2) is 0 Å². The summed E-state index contributed by atoms with van der Waals surface area (Å²) in [5, 5.41) is 1.96. The van der Waals surface area contributed by atoms with Gasteiger partial charge in [0.1, 0.15) is 11.2 Å². The van der Waals surface area contributed by atoms with Crippen LogP contribution in [0.15, 0.2) is 29.8 Å². The quantitative estimate of drug-likeness (QED) is 0.282. The number of pyridine rings is 1. The van der Waals surface area contributed by atoms with E-state index in [1.54, 1.807) is 41.5 Å². The third-order valence-electron chi connectivity index (χ3n) is 6.54. The summed E-state index contributed by atoms with van der Waals surface area (Å²) < 4.78 is 10.7. The molecule has 37 heavy (non-hydrogen) atoms. The van der Waals surface area contributed by atoms with Gasteiger partial charge < -0.3 is 20.0 Å². The Morgan fingerprint density at radius 2 is 1.78 bits per heavy atom. The second-order valence-electron chi connectivity index (χ2n) is 12.2. The number of nitrogens with zero attached hydrogens (tertiary/aromatic N) is 2. The van der Waals surface area contributed by atoms with E-state index >= 15 is 0 Å². The molecule has 0 saturated carbocycles. The van der Waals surface area contributed by atoms with Gasteiger partial charge in [-0.15, -0.1) is 5.06 Å². The van der Waals surface area contributed by atoms with Gasteiger partial charge in [-0.2, -0.15) is 0 Å². The van der Waals surface area contributed by atoms with E-state index in [9.17, 15) is 9.59 Å². The highest BCUT2D eigenvalue weighted by Gasteiger charge is 2.34. The Labute approximate surface area is 219 Å². The number of aryl methyl sites for hydroxylation is 1. The molecule has 0 aliphatic heterocycles. The number of nitrogen functional groups attached to an aromatic ring is 1. The molecule has 8 nitrogen and oxygen atoms in total. The minimum absolute atomic E-state index is 0.164. The van der Waals surface area contributed by atoms with Gasteiger partial charge >= 0.3 is 12.2 Å². The number of anilines is 1. The largest absolute Gasteiger partial charge is 0.534 e. The van der Waals surface area contributed by atoms with Crippen molar-refractivity contribution in [3.05, 3.63) is 46.7 Å². The number of carbonyl (C=O) groups excluding carboxylic acids is 2. The summed E-state index contributed by atoms with van der Waals surface area (Å²) in [6.07, 6.45) is 3.86. The number of fused-ring (bicyclic) bond motifs is 5. The molecule has 1 aromatic carbocycles. The topological polar surface area (TPSA) is 104 Å². The first kappa shape index (κ1) is 26.8. The molecular formula is C29H39N3O5. The van der Waals surface area contributed by atoms with Gasteiger partial charge in [-0.1, -0.05) is 23.8 Å². The summed E-state index contributed by atoms with van der Waals surface area (Å²) in [5.41, 5.74) is 11.6. The Morgan fingerprint density at radius 1 is 1.08 bits per heavy atom. The van der Waals surface area contributed by atoms with E-state index in [2.05, 4.69) is 31.2 Å². The molecule has 2 N–H and O–H groups in total. The smallest absolute Gasteiger partial charge is 0.442 e. The maximum absolute atomic E-state index is 12.8. The van der Waals surface area contributed by atoms with Crippen LogP contribution < -0.4 is 5.73 Å². The summed E-state index contributed by atoms with van der Waals surface area (Å²) in [6, 6.07) is 6.22.